The molecule has 4 aromatic rings. The summed E-state index contributed by atoms with van der Waals surface area (Å²) in [5.74, 6) is -0.0578. The Labute approximate surface area is 231 Å². The number of anilines is 3. The number of carbonyl (C=O) groups is 2. The van der Waals surface area contributed by atoms with Crippen molar-refractivity contribution >= 4 is 29.0 Å². The van der Waals surface area contributed by atoms with Gasteiger partial charge in [0.2, 0.25) is 5.95 Å². The van der Waals surface area contributed by atoms with Crippen molar-refractivity contribution in [3.8, 4) is 22.9 Å². The molecule has 0 spiro atoms. The number of Topliss-reactive ketones (excluding diaryl/α,β-unsaturated/α-hetero) is 1. The van der Waals surface area contributed by atoms with Crippen molar-refractivity contribution in [2.24, 2.45) is 7.05 Å². The van der Waals surface area contributed by atoms with Gasteiger partial charge in [-0.2, -0.15) is 5.26 Å². The summed E-state index contributed by atoms with van der Waals surface area (Å²) in [5, 5.41) is 11.8. The maximum Gasteiger partial charge on any atom is 0.298 e. The highest BCUT2D eigenvalue weighted by Crippen LogP contribution is 2.38. The summed E-state index contributed by atoms with van der Waals surface area (Å²) in [6, 6.07) is 19.1. The molecule has 10 nitrogen and oxygen atoms in total. The molecule has 40 heavy (non-hydrogen) atoms. The number of amides is 1. The first kappa shape index (κ1) is 25.1. The number of ether oxygens (including phenoxy) is 1. The number of benzene rings is 2. The zero-order chi connectivity index (χ0) is 27.8. The molecule has 1 amide bonds. The van der Waals surface area contributed by atoms with E-state index in [1.165, 1.54) is 12.4 Å². The smallest absolute Gasteiger partial charge is 0.298 e. The van der Waals surface area contributed by atoms with Crippen molar-refractivity contribution in [3.63, 3.8) is 0 Å². The van der Waals surface area contributed by atoms with Crippen LogP contribution in [-0.4, -0.2) is 58.5 Å². The molecular weight excluding hydrogens is 506 g/mol. The molecule has 200 valence electrons. The molecule has 2 aromatic carbocycles. The van der Waals surface area contributed by atoms with Crippen LogP contribution in [0.25, 0.3) is 11.1 Å². The van der Waals surface area contributed by atoms with Gasteiger partial charge >= 0.3 is 0 Å². The van der Waals surface area contributed by atoms with Crippen LogP contribution in [0.2, 0.25) is 0 Å². The van der Waals surface area contributed by atoms with E-state index >= 15 is 0 Å². The fourth-order valence-corrected chi connectivity index (χ4v) is 5.31. The van der Waals surface area contributed by atoms with Gasteiger partial charge in [0.15, 0.2) is 0 Å². The minimum atomic E-state index is -0.706. The molecule has 1 atom stereocenters. The summed E-state index contributed by atoms with van der Waals surface area (Å²) < 4.78 is 7.84. The van der Waals surface area contributed by atoms with Crippen molar-refractivity contribution in [2.45, 2.75) is 13.0 Å². The number of hydrogen-bond donors (Lipinski definition) is 1. The van der Waals surface area contributed by atoms with Crippen molar-refractivity contribution in [1.29, 1.82) is 5.26 Å². The van der Waals surface area contributed by atoms with Crippen LogP contribution in [0.5, 0.6) is 5.75 Å². The number of ketones is 1. The molecule has 1 N–H and O–H groups in total. The molecule has 4 heterocycles. The number of aryl methyl sites for hydroxylation is 1. The second kappa shape index (κ2) is 10.2. The molecular formula is C30H27N7O3. The van der Waals surface area contributed by atoms with E-state index in [0.29, 0.717) is 48.3 Å². The van der Waals surface area contributed by atoms with E-state index in [1.54, 1.807) is 23.7 Å². The lowest BCUT2D eigenvalue weighted by molar-refractivity contribution is -0.112. The van der Waals surface area contributed by atoms with Crippen LogP contribution in [0.3, 0.4) is 0 Å². The molecule has 2 aliphatic heterocycles. The molecule has 2 aliphatic rings. The minimum Gasteiger partial charge on any atom is -0.489 e. The Morgan fingerprint density at radius 1 is 1.07 bits per heavy atom. The Morgan fingerprint density at radius 3 is 2.60 bits per heavy atom. The summed E-state index contributed by atoms with van der Waals surface area (Å²) in [4.78, 5) is 39.5. The second-order valence-electron chi connectivity index (χ2n) is 9.93. The van der Waals surface area contributed by atoms with Crippen LogP contribution in [0.15, 0.2) is 67.0 Å². The van der Waals surface area contributed by atoms with Crippen molar-refractivity contribution in [1.82, 2.24) is 14.5 Å². The Bertz CT molecular complexity index is 1640. The zero-order valence-corrected chi connectivity index (χ0v) is 22.2. The fraction of sp³-hybridized carbons (Fsp3) is 0.233. The van der Waals surface area contributed by atoms with Gasteiger partial charge in [-0.1, -0.05) is 30.3 Å². The number of rotatable bonds is 5. The maximum absolute atomic E-state index is 13.3. The standard InChI is InChI=1S/C30H27N7O3/c1-19-12-24(21-6-4-3-5-7-21)27(35(19)2)28(38)29(39)34-22-8-9-25-26(13-22)40-18-23-17-36(10-11-37(23)25)30-32-15-20(14-31)16-33-30/h3-9,12-13,15-16,23H,10-11,17-18H2,1-2H3,(H,34,39)/t23-/m1/s1. The predicted molar refractivity (Wildman–Crippen MR) is 151 cm³/mol. The van der Waals surface area contributed by atoms with Crippen LogP contribution in [0.1, 0.15) is 21.7 Å². The van der Waals surface area contributed by atoms with Crippen molar-refractivity contribution in [3.05, 3.63) is 83.9 Å². The molecule has 0 bridgehead atoms. The van der Waals surface area contributed by atoms with Gasteiger partial charge in [0, 0.05) is 49.7 Å². The van der Waals surface area contributed by atoms with E-state index in [1.807, 2.05) is 55.5 Å². The average molecular weight is 534 g/mol. The lowest BCUT2D eigenvalue weighted by atomic mass is 10.0. The quantitative estimate of drug-likeness (QED) is 0.306. The highest BCUT2D eigenvalue weighted by atomic mass is 16.5. The van der Waals surface area contributed by atoms with Crippen LogP contribution >= 0.6 is 0 Å². The van der Waals surface area contributed by atoms with Crippen molar-refractivity contribution in [2.75, 3.05) is 41.4 Å². The molecule has 2 aromatic heterocycles. The molecule has 1 saturated heterocycles. The molecule has 0 aliphatic carbocycles. The number of nitrogens with one attached hydrogen (secondary N) is 1. The zero-order valence-electron chi connectivity index (χ0n) is 22.2. The van der Waals surface area contributed by atoms with Gasteiger partial charge in [0.1, 0.15) is 24.1 Å². The first-order valence-corrected chi connectivity index (χ1v) is 13.0. The molecule has 0 unspecified atom stereocenters. The average Bonchev–Trinajstić information content (AvgIpc) is 3.30. The maximum atomic E-state index is 13.3. The Morgan fingerprint density at radius 2 is 1.85 bits per heavy atom. The lowest BCUT2D eigenvalue weighted by Gasteiger charge is -2.45. The van der Waals surface area contributed by atoms with Crippen LogP contribution in [0.4, 0.5) is 17.3 Å². The van der Waals surface area contributed by atoms with E-state index in [0.717, 1.165) is 29.1 Å². The molecule has 6 rings (SSSR count). The SMILES string of the molecule is Cc1cc(-c2ccccc2)c(C(=O)C(=O)Nc2ccc3c(c2)OC[C@H]2CN(c4ncc(C#N)cn4)CCN32)n1C. The van der Waals surface area contributed by atoms with Crippen LogP contribution in [-0.2, 0) is 11.8 Å². The fourth-order valence-electron chi connectivity index (χ4n) is 5.31. The monoisotopic (exact) mass is 533 g/mol. The van der Waals surface area contributed by atoms with Gasteiger partial charge in [0.05, 0.1) is 29.7 Å². The van der Waals surface area contributed by atoms with E-state index in [-0.39, 0.29) is 6.04 Å². The number of fused-ring (bicyclic) bond motifs is 3. The topological polar surface area (TPSA) is 116 Å². The number of nitrogens with zero attached hydrogens (tertiary/aromatic N) is 6. The molecule has 0 saturated carbocycles. The second-order valence-corrected chi connectivity index (χ2v) is 9.93. The predicted octanol–water partition coefficient (Wildman–Crippen LogP) is 3.57. The molecule has 1 fully saturated rings. The van der Waals surface area contributed by atoms with Gasteiger partial charge in [-0.3, -0.25) is 9.59 Å². The van der Waals surface area contributed by atoms with Gasteiger partial charge in [0.25, 0.3) is 11.7 Å². The summed E-state index contributed by atoms with van der Waals surface area (Å²) in [6.45, 7) is 4.50. The van der Waals surface area contributed by atoms with Crippen molar-refractivity contribution < 1.29 is 14.3 Å². The van der Waals surface area contributed by atoms with E-state index in [2.05, 4.69) is 25.1 Å². The van der Waals surface area contributed by atoms with E-state index in [9.17, 15) is 9.59 Å². The molecule has 0 radical (unpaired) electrons. The van der Waals surface area contributed by atoms with E-state index in [4.69, 9.17) is 10.00 Å². The number of hydrogen-bond acceptors (Lipinski definition) is 8. The van der Waals surface area contributed by atoms with Gasteiger partial charge in [-0.25, -0.2) is 9.97 Å². The van der Waals surface area contributed by atoms with Gasteiger partial charge in [-0.15, -0.1) is 0 Å². The van der Waals surface area contributed by atoms with Crippen LogP contribution < -0.4 is 19.9 Å². The third-order valence-corrected chi connectivity index (χ3v) is 7.47. The first-order chi connectivity index (χ1) is 19.4. The summed E-state index contributed by atoms with van der Waals surface area (Å²) in [7, 11) is 1.79. The highest BCUT2D eigenvalue weighted by molar-refractivity contribution is 6.47. The van der Waals surface area contributed by atoms with Gasteiger partial charge < -0.3 is 24.4 Å². The minimum absolute atomic E-state index is 0.0968. The third kappa shape index (κ3) is 4.52. The highest BCUT2D eigenvalue weighted by Gasteiger charge is 2.34. The number of carbonyl (C=O) groups excluding carboxylic acids is 2. The summed E-state index contributed by atoms with van der Waals surface area (Å²) in [6.07, 6.45) is 3.06. The normalized spacial score (nSPS) is 15.9. The summed E-state index contributed by atoms with van der Waals surface area (Å²) >= 11 is 0. The van der Waals surface area contributed by atoms with Gasteiger partial charge in [-0.05, 0) is 30.7 Å². The van der Waals surface area contributed by atoms with Crippen LogP contribution in [0, 0.1) is 18.3 Å². The number of nitriles is 1. The Hall–Kier alpha value is -5.17. The third-order valence-electron chi connectivity index (χ3n) is 7.47. The Balaban J connectivity index is 1.17. The van der Waals surface area contributed by atoms with E-state index < -0.39 is 11.7 Å². The lowest BCUT2D eigenvalue weighted by Crippen LogP contribution is -2.57. The largest absolute Gasteiger partial charge is 0.489 e. The Kier molecular flexibility index (Phi) is 6.40. The molecule has 10 heteroatoms. The first-order valence-electron chi connectivity index (χ1n) is 13.0. The summed E-state index contributed by atoms with van der Waals surface area (Å²) in [5.41, 5.74) is 4.70. The number of piperazine rings is 1. The number of aromatic nitrogens is 3.